The summed E-state index contributed by atoms with van der Waals surface area (Å²) >= 11 is 0. The number of rotatable bonds is 7. The molecule has 3 rings (SSSR count). The second kappa shape index (κ2) is 8.81. The van der Waals surface area contributed by atoms with E-state index in [1.165, 1.54) is 0 Å². The number of methoxy groups -OCH3 is 4. The second-order valence-electron chi connectivity index (χ2n) is 6.29. The first-order valence-corrected chi connectivity index (χ1v) is 8.85. The van der Waals surface area contributed by atoms with Crippen LogP contribution in [-0.4, -0.2) is 40.4 Å². The topological polar surface area (TPSA) is 90.1 Å². The molecule has 0 radical (unpaired) electrons. The molecule has 1 amide bonds. The van der Waals surface area contributed by atoms with Crippen molar-refractivity contribution in [3.63, 3.8) is 0 Å². The van der Waals surface area contributed by atoms with E-state index in [1.54, 1.807) is 46.6 Å². The van der Waals surface area contributed by atoms with E-state index in [2.05, 4.69) is 16.2 Å². The van der Waals surface area contributed by atoms with Gasteiger partial charge in [-0.15, -0.1) is 0 Å². The van der Waals surface area contributed by atoms with Crippen molar-refractivity contribution in [2.45, 2.75) is 18.5 Å². The Kier molecular flexibility index (Phi) is 6.23. The van der Waals surface area contributed by atoms with Crippen molar-refractivity contribution in [2.75, 3.05) is 33.8 Å². The van der Waals surface area contributed by atoms with Crippen molar-refractivity contribution in [2.24, 2.45) is 0 Å². The first kappa shape index (κ1) is 19.8. The van der Waals surface area contributed by atoms with E-state index in [0.29, 0.717) is 35.1 Å². The summed E-state index contributed by atoms with van der Waals surface area (Å²) in [5.41, 5.74) is 7.75. The maximum absolute atomic E-state index is 12.7. The van der Waals surface area contributed by atoms with Crippen LogP contribution in [0.3, 0.4) is 0 Å². The van der Waals surface area contributed by atoms with Gasteiger partial charge in [-0.3, -0.25) is 4.79 Å². The molecule has 1 aliphatic rings. The molecule has 0 aromatic heterocycles. The molecule has 0 bridgehead atoms. The van der Waals surface area contributed by atoms with Crippen molar-refractivity contribution in [1.29, 1.82) is 0 Å². The Hall–Kier alpha value is -2.97. The third-order valence-electron chi connectivity index (χ3n) is 4.70. The molecule has 150 valence electrons. The number of anilines is 1. The zero-order chi connectivity index (χ0) is 20.1. The molecular weight excluding hydrogens is 362 g/mol. The summed E-state index contributed by atoms with van der Waals surface area (Å²) in [6.45, 7) is 0. The standard InChI is InChI=1S/C20H25N3O5/c1-25-12-5-7-14(18(9-12)27-3)16-11-17(23-22-16)20(24)21-15-8-6-13(26-2)10-19(15)28-4/h5-10,16-17,22-23H,11H2,1-4H3,(H,21,24). The lowest BCUT2D eigenvalue weighted by molar-refractivity contribution is -0.117. The molecule has 3 N–H and O–H groups in total. The number of benzene rings is 2. The smallest absolute Gasteiger partial charge is 0.243 e. The summed E-state index contributed by atoms with van der Waals surface area (Å²) in [5.74, 6) is 2.45. The van der Waals surface area contributed by atoms with Crippen LogP contribution in [0.15, 0.2) is 36.4 Å². The predicted octanol–water partition coefficient (Wildman–Crippen LogP) is 2.27. The predicted molar refractivity (Wildman–Crippen MR) is 105 cm³/mol. The first-order chi connectivity index (χ1) is 13.6. The Morgan fingerprint density at radius 2 is 1.54 bits per heavy atom. The number of carbonyl (C=O) groups is 1. The van der Waals surface area contributed by atoms with Gasteiger partial charge in [-0.2, -0.15) is 0 Å². The third-order valence-corrected chi connectivity index (χ3v) is 4.70. The maximum Gasteiger partial charge on any atom is 0.243 e. The molecule has 8 nitrogen and oxygen atoms in total. The second-order valence-corrected chi connectivity index (χ2v) is 6.29. The lowest BCUT2D eigenvalue weighted by Crippen LogP contribution is -2.39. The number of hydrogen-bond acceptors (Lipinski definition) is 7. The van der Waals surface area contributed by atoms with Crippen LogP contribution in [0.25, 0.3) is 0 Å². The van der Waals surface area contributed by atoms with Gasteiger partial charge in [0.05, 0.1) is 40.2 Å². The average molecular weight is 387 g/mol. The number of hydrogen-bond donors (Lipinski definition) is 3. The van der Waals surface area contributed by atoms with Crippen LogP contribution in [0.2, 0.25) is 0 Å². The SMILES string of the molecule is COc1ccc(NC(=O)C2CC(c3ccc(OC)cc3OC)NN2)c(OC)c1. The molecule has 1 aliphatic heterocycles. The number of carbonyl (C=O) groups excluding carboxylic acids is 1. The minimum atomic E-state index is -0.413. The Bertz CT molecular complexity index is 843. The van der Waals surface area contributed by atoms with Crippen LogP contribution < -0.4 is 35.1 Å². The van der Waals surface area contributed by atoms with Gasteiger partial charge in [-0.25, -0.2) is 10.9 Å². The summed E-state index contributed by atoms with van der Waals surface area (Å²) in [6, 6.07) is 10.4. The summed E-state index contributed by atoms with van der Waals surface area (Å²) in [4.78, 5) is 12.7. The van der Waals surface area contributed by atoms with E-state index >= 15 is 0 Å². The molecule has 2 aromatic carbocycles. The summed E-state index contributed by atoms with van der Waals surface area (Å²) < 4.78 is 21.2. The van der Waals surface area contributed by atoms with Crippen molar-refractivity contribution in [1.82, 2.24) is 10.9 Å². The van der Waals surface area contributed by atoms with E-state index in [9.17, 15) is 4.79 Å². The largest absolute Gasteiger partial charge is 0.497 e. The Morgan fingerprint density at radius 1 is 0.893 bits per heavy atom. The van der Waals surface area contributed by atoms with Crippen molar-refractivity contribution < 1.29 is 23.7 Å². The molecular formula is C20H25N3O5. The van der Waals surface area contributed by atoms with Gasteiger partial charge in [0.2, 0.25) is 5.91 Å². The highest BCUT2D eigenvalue weighted by atomic mass is 16.5. The average Bonchev–Trinajstić information content (AvgIpc) is 3.23. The highest BCUT2D eigenvalue weighted by Gasteiger charge is 2.32. The van der Waals surface area contributed by atoms with Crippen LogP contribution in [0, 0.1) is 0 Å². The van der Waals surface area contributed by atoms with Crippen LogP contribution in [0.4, 0.5) is 5.69 Å². The monoisotopic (exact) mass is 387 g/mol. The first-order valence-electron chi connectivity index (χ1n) is 8.85. The number of hydrazine groups is 1. The highest BCUT2D eigenvalue weighted by Crippen LogP contribution is 2.34. The normalized spacial score (nSPS) is 18.4. The molecule has 8 heteroatoms. The zero-order valence-corrected chi connectivity index (χ0v) is 16.4. The van der Waals surface area contributed by atoms with Crippen molar-refractivity contribution in [3.8, 4) is 23.0 Å². The quantitative estimate of drug-likeness (QED) is 0.671. The van der Waals surface area contributed by atoms with Gasteiger partial charge in [0.15, 0.2) is 0 Å². The van der Waals surface area contributed by atoms with E-state index in [4.69, 9.17) is 18.9 Å². The maximum atomic E-state index is 12.7. The fraction of sp³-hybridized carbons (Fsp3) is 0.350. The minimum Gasteiger partial charge on any atom is -0.497 e. The zero-order valence-electron chi connectivity index (χ0n) is 16.4. The fourth-order valence-electron chi connectivity index (χ4n) is 3.16. The van der Waals surface area contributed by atoms with Crippen LogP contribution in [0.5, 0.6) is 23.0 Å². The molecule has 2 aromatic rings. The Morgan fingerprint density at radius 3 is 2.18 bits per heavy atom. The fourth-order valence-corrected chi connectivity index (χ4v) is 3.16. The van der Waals surface area contributed by atoms with Gasteiger partial charge in [-0.1, -0.05) is 6.07 Å². The number of nitrogens with one attached hydrogen (secondary N) is 3. The third kappa shape index (κ3) is 4.13. The van der Waals surface area contributed by atoms with Crippen molar-refractivity contribution in [3.05, 3.63) is 42.0 Å². The van der Waals surface area contributed by atoms with Gasteiger partial charge >= 0.3 is 0 Å². The molecule has 28 heavy (non-hydrogen) atoms. The highest BCUT2D eigenvalue weighted by molar-refractivity contribution is 5.96. The van der Waals surface area contributed by atoms with Gasteiger partial charge in [0, 0.05) is 17.7 Å². The minimum absolute atomic E-state index is 0.0747. The lowest BCUT2D eigenvalue weighted by Gasteiger charge is -2.15. The Labute approximate surface area is 164 Å². The number of amides is 1. The van der Waals surface area contributed by atoms with E-state index in [0.717, 1.165) is 5.56 Å². The molecule has 1 fully saturated rings. The van der Waals surface area contributed by atoms with Crippen LogP contribution in [-0.2, 0) is 4.79 Å². The Balaban J connectivity index is 1.70. The van der Waals surface area contributed by atoms with E-state index in [1.807, 2.05) is 18.2 Å². The molecule has 0 saturated carbocycles. The summed E-state index contributed by atoms with van der Waals surface area (Å²) in [5, 5.41) is 2.90. The van der Waals surface area contributed by atoms with Gasteiger partial charge < -0.3 is 24.3 Å². The molecule has 1 saturated heterocycles. The van der Waals surface area contributed by atoms with Gasteiger partial charge in [0.1, 0.15) is 29.0 Å². The van der Waals surface area contributed by atoms with Crippen LogP contribution in [0.1, 0.15) is 18.0 Å². The van der Waals surface area contributed by atoms with E-state index in [-0.39, 0.29) is 11.9 Å². The summed E-state index contributed by atoms with van der Waals surface area (Å²) in [7, 11) is 6.35. The van der Waals surface area contributed by atoms with Gasteiger partial charge in [-0.05, 0) is 24.6 Å². The van der Waals surface area contributed by atoms with Gasteiger partial charge in [0.25, 0.3) is 0 Å². The lowest BCUT2D eigenvalue weighted by atomic mass is 10.0. The van der Waals surface area contributed by atoms with E-state index < -0.39 is 6.04 Å². The molecule has 1 heterocycles. The molecule has 2 unspecified atom stereocenters. The number of ether oxygens (including phenoxy) is 4. The molecule has 0 spiro atoms. The van der Waals surface area contributed by atoms with Crippen LogP contribution >= 0.6 is 0 Å². The molecule has 0 aliphatic carbocycles. The van der Waals surface area contributed by atoms with Crippen molar-refractivity contribution >= 4 is 11.6 Å². The molecule has 2 atom stereocenters. The summed E-state index contributed by atoms with van der Waals surface area (Å²) in [6.07, 6.45) is 0.562.